The van der Waals surface area contributed by atoms with E-state index >= 15 is 0 Å². The second-order valence-electron chi connectivity index (χ2n) is 6.57. The van der Waals surface area contributed by atoms with Crippen molar-refractivity contribution in [3.8, 4) is 0 Å². The van der Waals surface area contributed by atoms with Gasteiger partial charge in [-0.1, -0.05) is 35.9 Å². The molecular weight excluding hydrogens is 280 g/mol. The second kappa shape index (κ2) is 6.50. The van der Waals surface area contributed by atoms with Crippen LogP contribution in [0.15, 0.2) is 42.5 Å². The van der Waals surface area contributed by atoms with Crippen molar-refractivity contribution >= 4 is 0 Å². The van der Waals surface area contributed by atoms with E-state index in [1.54, 1.807) is 0 Å². The minimum atomic E-state index is -0.714. The standard InChI is InChI=1S/C18H24O4/c1-13(2)10-11-20-22-18(15-6-4-3-5-7-15)16-9-8-14(12-16)17(18)21-19/h3-7,14,16-17,19H,1,8-12H2,2H3/t14-,16+,17+,18-/m0/s1. The lowest BCUT2D eigenvalue weighted by atomic mass is 9.77. The molecule has 2 bridgehead atoms. The molecule has 0 aromatic heterocycles. The lowest BCUT2D eigenvalue weighted by molar-refractivity contribution is -0.427. The van der Waals surface area contributed by atoms with E-state index < -0.39 is 5.60 Å². The maximum atomic E-state index is 9.48. The van der Waals surface area contributed by atoms with Crippen LogP contribution in [0.4, 0.5) is 0 Å². The third kappa shape index (κ3) is 2.61. The Labute approximate surface area is 131 Å². The van der Waals surface area contributed by atoms with E-state index in [4.69, 9.17) is 14.7 Å². The Morgan fingerprint density at radius 1 is 1.32 bits per heavy atom. The highest BCUT2D eigenvalue weighted by molar-refractivity contribution is 5.29. The molecule has 4 atom stereocenters. The van der Waals surface area contributed by atoms with Crippen molar-refractivity contribution in [1.82, 2.24) is 0 Å². The number of rotatable bonds is 7. The average Bonchev–Trinajstić information content (AvgIpc) is 3.12. The maximum Gasteiger partial charge on any atom is 0.161 e. The first-order valence-corrected chi connectivity index (χ1v) is 7.99. The van der Waals surface area contributed by atoms with Gasteiger partial charge in [0.25, 0.3) is 0 Å². The van der Waals surface area contributed by atoms with Gasteiger partial charge in [0.2, 0.25) is 0 Å². The zero-order chi connectivity index (χ0) is 15.6. The Bertz CT molecular complexity index is 515. The molecule has 120 valence electrons. The van der Waals surface area contributed by atoms with Crippen LogP contribution in [0.3, 0.4) is 0 Å². The zero-order valence-electron chi connectivity index (χ0n) is 13.0. The minimum Gasteiger partial charge on any atom is -0.251 e. The first-order chi connectivity index (χ1) is 10.7. The summed E-state index contributed by atoms with van der Waals surface area (Å²) in [4.78, 5) is 16.3. The van der Waals surface area contributed by atoms with Crippen LogP contribution in [-0.4, -0.2) is 18.0 Å². The molecule has 2 fully saturated rings. The summed E-state index contributed by atoms with van der Waals surface area (Å²) in [5, 5.41) is 9.48. The normalized spacial score (nSPS) is 33.3. The Kier molecular flexibility index (Phi) is 4.64. The molecule has 0 unspecified atom stereocenters. The fourth-order valence-corrected chi connectivity index (χ4v) is 4.04. The first-order valence-electron chi connectivity index (χ1n) is 7.99. The molecule has 1 aromatic rings. The van der Waals surface area contributed by atoms with Gasteiger partial charge in [-0.25, -0.2) is 14.7 Å². The van der Waals surface area contributed by atoms with Crippen LogP contribution in [-0.2, 0) is 20.3 Å². The van der Waals surface area contributed by atoms with Crippen molar-refractivity contribution in [3.63, 3.8) is 0 Å². The Balaban J connectivity index is 1.84. The molecule has 1 N–H and O–H groups in total. The molecule has 2 aliphatic rings. The molecule has 0 spiro atoms. The fourth-order valence-electron chi connectivity index (χ4n) is 4.04. The third-order valence-corrected chi connectivity index (χ3v) is 5.08. The summed E-state index contributed by atoms with van der Waals surface area (Å²) in [7, 11) is 0. The second-order valence-corrected chi connectivity index (χ2v) is 6.57. The van der Waals surface area contributed by atoms with Gasteiger partial charge in [0.15, 0.2) is 5.60 Å². The first kappa shape index (κ1) is 15.7. The predicted octanol–water partition coefficient (Wildman–Crippen LogP) is 4.08. The Morgan fingerprint density at radius 2 is 2.09 bits per heavy atom. The van der Waals surface area contributed by atoms with E-state index in [1.807, 2.05) is 37.3 Å². The topological polar surface area (TPSA) is 47.9 Å². The van der Waals surface area contributed by atoms with Crippen molar-refractivity contribution < 1.29 is 19.9 Å². The van der Waals surface area contributed by atoms with Crippen molar-refractivity contribution in [1.29, 1.82) is 0 Å². The molecule has 0 radical (unpaired) electrons. The fraction of sp³-hybridized carbons (Fsp3) is 0.556. The number of hydrogen-bond acceptors (Lipinski definition) is 4. The summed E-state index contributed by atoms with van der Waals surface area (Å²) in [5.74, 6) is 0.627. The van der Waals surface area contributed by atoms with Gasteiger partial charge < -0.3 is 0 Å². The van der Waals surface area contributed by atoms with Crippen LogP contribution < -0.4 is 0 Å². The van der Waals surface area contributed by atoms with Crippen LogP contribution in [0.2, 0.25) is 0 Å². The van der Waals surface area contributed by atoms with Gasteiger partial charge in [0.05, 0.1) is 6.61 Å². The van der Waals surface area contributed by atoms with Crippen molar-refractivity contribution in [2.75, 3.05) is 6.61 Å². The SMILES string of the molecule is C=C(C)CCOO[C@@]1(c2ccccc2)[C@@H]2CC[C@@H](C2)[C@H]1OO. The smallest absolute Gasteiger partial charge is 0.161 e. The minimum absolute atomic E-state index is 0.307. The van der Waals surface area contributed by atoms with Crippen LogP contribution in [0, 0.1) is 11.8 Å². The van der Waals surface area contributed by atoms with E-state index in [1.165, 1.54) is 0 Å². The molecule has 3 rings (SSSR count). The molecule has 4 nitrogen and oxygen atoms in total. The van der Waals surface area contributed by atoms with Gasteiger partial charge in [0.1, 0.15) is 6.10 Å². The van der Waals surface area contributed by atoms with Crippen LogP contribution in [0.5, 0.6) is 0 Å². The maximum absolute atomic E-state index is 9.48. The highest BCUT2D eigenvalue weighted by atomic mass is 17.2. The van der Waals surface area contributed by atoms with Gasteiger partial charge in [-0.3, -0.25) is 5.26 Å². The Morgan fingerprint density at radius 3 is 2.77 bits per heavy atom. The van der Waals surface area contributed by atoms with E-state index in [9.17, 15) is 5.26 Å². The summed E-state index contributed by atoms with van der Waals surface area (Å²) < 4.78 is 0. The Hall–Kier alpha value is -1.20. The predicted molar refractivity (Wildman–Crippen MR) is 82.9 cm³/mol. The van der Waals surface area contributed by atoms with Gasteiger partial charge in [-0.05, 0) is 50.0 Å². The van der Waals surface area contributed by atoms with Gasteiger partial charge >= 0.3 is 0 Å². The molecule has 1 aromatic carbocycles. The summed E-state index contributed by atoms with van der Waals surface area (Å²) in [6, 6.07) is 9.98. The van der Waals surface area contributed by atoms with Crippen molar-refractivity contribution in [3.05, 3.63) is 48.0 Å². The van der Waals surface area contributed by atoms with Gasteiger partial charge in [0, 0.05) is 0 Å². The highest BCUT2D eigenvalue weighted by Gasteiger charge is 2.62. The summed E-state index contributed by atoms with van der Waals surface area (Å²) in [5.41, 5.74) is 1.35. The monoisotopic (exact) mass is 304 g/mol. The third-order valence-electron chi connectivity index (χ3n) is 5.08. The molecule has 2 aliphatic carbocycles. The molecule has 4 heteroatoms. The van der Waals surface area contributed by atoms with Gasteiger partial charge in [-0.2, -0.15) is 0 Å². The largest absolute Gasteiger partial charge is 0.251 e. The number of benzene rings is 1. The molecule has 22 heavy (non-hydrogen) atoms. The molecule has 0 heterocycles. The van der Waals surface area contributed by atoms with Crippen LogP contribution in [0.25, 0.3) is 0 Å². The van der Waals surface area contributed by atoms with Crippen molar-refractivity contribution in [2.24, 2.45) is 11.8 Å². The van der Waals surface area contributed by atoms with E-state index in [0.29, 0.717) is 18.4 Å². The molecule has 0 amide bonds. The summed E-state index contributed by atoms with van der Waals surface area (Å²) >= 11 is 0. The van der Waals surface area contributed by atoms with E-state index in [-0.39, 0.29) is 6.10 Å². The van der Waals surface area contributed by atoms with Gasteiger partial charge in [-0.15, -0.1) is 6.58 Å². The van der Waals surface area contributed by atoms with Crippen molar-refractivity contribution in [2.45, 2.75) is 44.3 Å². The molecule has 2 saturated carbocycles. The quantitative estimate of drug-likeness (QED) is 0.357. The summed E-state index contributed by atoms with van der Waals surface area (Å²) in [6.45, 7) is 6.29. The van der Waals surface area contributed by atoms with E-state index in [2.05, 4.69) is 6.58 Å². The van der Waals surface area contributed by atoms with E-state index in [0.717, 1.165) is 36.8 Å². The van der Waals surface area contributed by atoms with Crippen LogP contribution >= 0.6 is 0 Å². The number of hydrogen-bond donors (Lipinski definition) is 1. The lowest BCUT2D eigenvalue weighted by Crippen LogP contribution is -2.48. The molecule has 0 aliphatic heterocycles. The molecule has 0 saturated heterocycles. The summed E-state index contributed by atoms with van der Waals surface area (Å²) in [6.07, 6.45) is 3.52. The lowest BCUT2D eigenvalue weighted by Gasteiger charge is -2.40. The highest BCUT2D eigenvalue weighted by Crippen LogP contribution is 2.58. The average molecular weight is 304 g/mol. The molecular formula is C18H24O4. The zero-order valence-corrected chi connectivity index (χ0v) is 13.0. The number of fused-ring (bicyclic) bond motifs is 2. The van der Waals surface area contributed by atoms with Crippen LogP contribution in [0.1, 0.15) is 38.2 Å².